The highest BCUT2D eigenvalue weighted by Crippen LogP contribution is 2.24. The number of hydrogen-bond donors (Lipinski definition) is 0. The monoisotopic (exact) mass is 370 g/mol. The largest absolute Gasteiger partial charge is 0.273 e. The Kier molecular flexibility index (Phi) is 3.88. The summed E-state index contributed by atoms with van der Waals surface area (Å²) in [5, 5.41) is 5.83. The molecule has 3 rings (SSSR count). The van der Waals surface area contributed by atoms with E-state index >= 15 is 0 Å². The third-order valence-electron chi connectivity index (χ3n) is 3.79. The van der Waals surface area contributed by atoms with Gasteiger partial charge in [0.25, 0.3) is 0 Å². The van der Waals surface area contributed by atoms with E-state index in [0.29, 0.717) is 19.3 Å². The fourth-order valence-corrected chi connectivity index (χ4v) is 4.63. The van der Waals surface area contributed by atoms with E-state index in [9.17, 15) is 13.2 Å². The first-order chi connectivity index (χ1) is 9.94. The molecule has 7 heteroatoms. The van der Waals surface area contributed by atoms with Gasteiger partial charge in [0.2, 0.25) is 5.91 Å². The van der Waals surface area contributed by atoms with Crippen molar-refractivity contribution in [3.05, 3.63) is 34.3 Å². The number of halogens is 1. The third-order valence-corrected chi connectivity index (χ3v) is 6.07. The Morgan fingerprint density at radius 2 is 1.90 bits per heavy atom. The summed E-state index contributed by atoms with van der Waals surface area (Å²) in [6.07, 6.45) is 1.45. The predicted molar refractivity (Wildman–Crippen MR) is 83.8 cm³/mol. The van der Waals surface area contributed by atoms with Crippen molar-refractivity contribution in [3.8, 4) is 0 Å². The van der Waals surface area contributed by atoms with E-state index in [1.807, 2.05) is 24.3 Å². The summed E-state index contributed by atoms with van der Waals surface area (Å²) in [7, 11) is -3.03. The summed E-state index contributed by atoms with van der Waals surface area (Å²) in [4.78, 5) is 12.0. The summed E-state index contributed by atoms with van der Waals surface area (Å²) in [6, 6.07) is 7.44. The van der Waals surface area contributed by atoms with Gasteiger partial charge < -0.3 is 0 Å². The van der Waals surface area contributed by atoms with Crippen molar-refractivity contribution in [1.82, 2.24) is 5.01 Å². The highest BCUT2D eigenvalue weighted by molar-refractivity contribution is 9.10. The van der Waals surface area contributed by atoms with Crippen molar-refractivity contribution in [2.24, 2.45) is 5.10 Å². The van der Waals surface area contributed by atoms with E-state index < -0.39 is 9.84 Å². The Morgan fingerprint density at radius 1 is 1.19 bits per heavy atom. The molecule has 2 heterocycles. The lowest BCUT2D eigenvalue weighted by Gasteiger charge is -2.28. The van der Waals surface area contributed by atoms with Crippen LogP contribution in [0.3, 0.4) is 0 Å². The number of carbonyl (C=O) groups is 1. The van der Waals surface area contributed by atoms with Crippen LogP contribution in [0, 0.1) is 0 Å². The second-order valence-electron chi connectivity index (χ2n) is 5.35. The molecule has 0 aliphatic carbocycles. The van der Waals surface area contributed by atoms with E-state index in [-0.39, 0.29) is 23.5 Å². The van der Waals surface area contributed by atoms with Gasteiger partial charge in [-0.15, -0.1) is 0 Å². The molecule has 1 fully saturated rings. The van der Waals surface area contributed by atoms with Crippen molar-refractivity contribution in [2.75, 3.05) is 11.5 Å². The van der Waals surface area contributed by atoms with Crippen molar-refractivity contribution < 1.29 is 13.2 Å². The maximum atomic E-state index is 12.0. The number of hydrazone groups is 1. The van der Waals surface area contributed by atoms with Gasteiger partial charge in [-0.2, -0.15) is 5.10 Å². The molecule has 0 aromatic heterocycles. The number of rotatable bonds is 2. The summed E-state index contributed by atoms with van der Waals surface area (Å²) >= 11 is 3.39. The zero-order valence-corrected chi connectivity index (χ0v) is 13.7. The van der Waals surface area contributed by atoms with Crippen LogP contribution in [-0.4, -0.2) is 42.6 Å². The molecular weight excluding hydrogens is 356 g/mol. The fraction of sp³-hybridized carbons (Fsp3) is 0.429. The summed E-state index contributed by atoms with van der Waals surface area (Å²) < 4.78 is 24.2. The van der Waals surface area contributed by atoms with E-state index in [4.69, 9.17) is 0 Å². The topological polar surface area (TPSA) is 66.8 Å². The Balaban J connectivity index is 1.88. The van der Waals surface area contributed by atoms with Gasteiger partial charge in [0.15, 0.2) is 9.84 Å². The van der Waals surface area contributed by atoms with Gasteiger partial charge >= 0.3 is 0 Å². The van der Waals surface area contributed by atoms with Crippen LogP contribution >= 0.6 is 15.9 Å². The standard InChI is InChI=1S/C14H15BrN2O3S/c15-11-3-1-10(2-4-11)13-5-6-14(18)17(16-13)12-7-8-21(19,20)9-12/h1-4,12H,5-9H2/t12-/m0/s1. The lowest BCUT2D eigenvalue weighted by molar-refractivity contribution is -0.133. The summed E-state index contributed by atoms with van der Waals surface area (Å²) in [5.74, 6) is 0.0819. The van der Waals surface area contributed by atoms with Crippen molar-refractivity contribution in [2.45, 2.75) is 25.3 Å². The van der Waals surface area contributed by atoms with E-state index in [2.05, 4.69) is 21.0 Å². The van der Waals surface area contributed by atoms with Crippen LogP contribution in [0.4, 0.5) is 0 Å². The average molecular weight is 371 g/mol. The molecule has 0 saturated carbocycles. The van der Waals surface area contributed by atoms with Gasteiger partial charge in [0, 0.05) is 17.3 Å². The summed E-state index contributed by atoms with van der Waals surface area (Å²) in [5.41, 5.74) is 1.81. The zero-order valence-electron chi connectivity index (χ0n) is 11.3. The molecule has 0 bridgehead atoms. The van der Waals surface area contributed by atoms with Gasteiger partial charge in [-0.3, -0.25) is 4.79 Å². The SMILES string of the molecule is O=C1CCC(c2ccc(Br)cc2)=NN1[C@H]1CCS(=O)(=O)C1. The van der Waals surface area contributed by atoms with Crippen LogP contribution < -0.4 is 0 Å². The number of hydrogen-bond acceptors (Lipinski definition) is 4. The molecule has 1 saturated heterocycles. The van der Waals surface area contributed by atoms with E-state index in [1.54, 1.807) is 0 Å². The summed E-state index contributed by atoms with van der Waals surface area (Å²) in [6.45, 7) is 0. The maximum absolute atomic E-state index is 12.0. The molecule has 2 aliphatic rings. The molecule has 0 spiro atoms. The second kappa shape index (κ2) is 5.53. The first-order valence-electron chi connectivity index (χ1n) is 6.80. The maximum Gasteiger partial charge on any atom is 0.243 e. The number of carbonyl (C=O) groups excluding carboxylic acids is 1. The minimum Gasteiger partial charge on any atom is -0.273 e. The molecule has 1 atom stereocenters. The van der Waals surface area contributed by atoms with E-state index in [0.717, 1.165) is 15.7 Å². The lowest BCUT2D eigenvalue weighted by atomic mass is 10.0. The fourth-order valence-electron chi connectivity index (χ4n) is 2.67. The minimum absolute atomic E-state index is 0.0237. The van der Waals surface area contributed by atoms with Crippen LogP contribution in [0.2, 0.25) is 0 Å². The van der Waals surface area contributed by atoms with Crippen LogP contribution in [-0.2, 0) is 14.6 Å². The van der Waals surface area contributed by atoms with E-state index in [1.165, 1.54) is 5.01 Å². The Labute approximate surface area is 132 Å². The Bertz CT molecular complexity index is 697. The van der Waals surface area contributed by atoms with Crippen molar-refractivity contribution in [1.29, 1.82) is 0 Å². The lowest BCUT2D eigenvalue weighted by Crippen LogP contribution is -2.40. The van der Waals surface area contributed by atoms with Crippen LogP contribution in [0.5, 0.6) is 0 Å². The number of sulfone groups is 1. The van der Waals surface area contributed by atoms with Crippen LogP contribution in [0.1, 0.15) is 24.8 Å². The minimum atomic E-state index is -3.03. The van der Waals surface area contributed by atoms with Gasteiger partial charge in [-0.1, -0.05) is 28.1 Å². The molecule has 1 aromatic rings. The smallest absolute Gasteiger partial charge is 0.243 e. The van der Waals surface area contributed by atoms with Gasteiger partial charge in [0.05, 0.1) is 23.3 Å². The molecule has 21 heavy (non-hydrogen) atoms. The third kappa shape index (κ3) is 3.18. The Hall–Kier alpha value is -1.21. The molecule has 112 valence electrons. The average Bonchev–Trinajstić information content (AvgIpc) is 2.80. The predicted octanol–water partition coefficient (Wildman–Crippen LogP) is 1.96. The van der Waals surface area contributed by atoms with Crippen LogP contribution in [0.25, 0.3) is 0 Å². The van der Waals surface area contributed by atoms with Gasteiger partial charge in [-0.25, -0.2) is 13.4 Å². The second-order valence-corrected chi connectivity index (χ2v) is 8.49. The first-order valence-corrected chi connectivity index (χ1v) is 9.42. The van der Waals surface area contributed by atoms with Gasteiger partial charge in [-0.05, 0) is 24.1 Å². The highest BCUT2D eigenvalue weighted by Gasteiger charge is 2.36. The van der Waals surface area contributed by atoms with Crippen molar-refractivity contribution >= 4 is 37.4 Å². The zero-order chi connectivity index (χ0) is 15.0. The number of amides is 1. The first kappa shape index (κ1) is 14.7. The molecule has 0 N–H and O–H groups in total. The Morgan fingerprint density at radius 3 is 2.52 bits per heavy atom. The highest BCUT2D eigenvalue weighted by atomic mass is 79.9. The molecule has 1 amide bonds. The molecule has 0 unspecified atom stereocenters. The molecule has 2 aliphatic heterocycles. The molecule has 5 nitrogen and oxygen atoms in total. The number of nitrogens with zero attached hydrogens (tertiary/aromatic N) is 2. The normalized spacial score (nSPS) is 25.0. The van der Waals surface area contributed by atoms with Crippen LogP contribution in [0.15, 0.2) is 33.8 Å². The molecule has 1 aromatic carbocycles. The number of benzene rings is 1. The quantitative estimate of drug-likeness (QED) is 0.798. The van der Waals surface area contributed by atoms with Crippen molar-refractivity contribution in [3.63, 3.8) is 0 Å². The molecular formula is C14H15BrN2O3S. The molecule has 0 radical (unpaired) electrons. The van der Waals surface area contributed by atoms with Gasteiger partial charge in [0.1, 0.15) is 0 Å².